The Kier molecular flexibility index (Phi) is 4.76. The van der Waals surface area contributed by atoms with Gasteiger partial charge < -0.3 is 10.1 Å². The van der Waals surface area contributed by atoms with Crippen LogP contribution in [0, 0.1) is 17.0 Å². The molecule has 0 saturated carbocycles. The molecule has 0 spiro atoms. The van der Waals surface area contributed by atoms with E-state index < -0.39 is 4.92 Å². The lowest BCUT2D eigenvalue weighted by Gasteiger charge is -2.08. The highest BCUT2D eigenvalue weighted by molar-refractivity contribution is 7.12. The lowest BCUT2D eigenvalue weighted by Crippen LogP contribution is -2.11. The summed E-state index contributed by atoms with van der Waals surface area (Å²) in [6.45, 7) is 1.88. The van der Waals surface area contributed by atoms with Gasteiger partial charge in [-0.05, 0) is 54.3 Å². The maximum absolute atomic E-state index is 12.2. The number of carbonyl (C=O) groups excluding carboxylic acids is 1. The van der Waals surface area contributed by atoms with Crippen LogP contribution in [0.1, 0.15) is 15.2 Å². The third kappa shape index (κ3) is 3.84. The van der Waals surface area contributed by atoms with Gasteiger partial charge in [0.15, 0.2) is 0 Å². The van der Waals surface area contributed by atoms with Crippen LogP contribution in [0.3, 0.4) is 0 Å². The molecule has 2 aromatic carbocycles. The van der Waals surface area contributed by atoms with Gasteiger partial charge in [0.05, 0.1) is 9.80 Å². The summed E-state index contributed by atoms with van der Waals surface area (Å²) in [5.41, 5.74) is 1.44. The zero-order chi connectivity index (χ0) is 17.8. The fourth-order valence-corrected chi connectivity index (χ4v) is 3.04. The maximum Gasteiger partial charge on any atom is 0.311 e. The van der Waals surface area contributed by atoms with E-state index in [1.807, 2.05) is 18.4 Å². The van der Waals surface area contributed by atoms with E-state index in [-0.39, 0.29) is 17.3 Å². The number of amides is 1. The van der Waals surface area contributed by atoms with E-state index in [4.69, 9.17) is 4.74 Å². The molecule has 1 aromatic heterocycles. The van der Waals surface area contributed by atoms with Gasteiger partial charge in [-0.3, -0.25) is 14.9 Å². The van der Waals surface area contributed by atoms with Gasteiger partial charge in [0, 0.05) is 11.8 Å². The molecule has 0 bridgehead atoms. The maximum atomic E-state index is 12.2. The molecule has 126 valence electrons. The SMILES string of the molecule is Cc1ccsc1C(=O)Nc1ccc(Oc2ccccc2[N+](=O)[O-])cc1. The van der Waals surface area contributed by atoms with Crippen LogP contribution in [0.4, 0.5) is 11.4 Å². The first-order valence-electron chi connectivity index (χ1n) is 7.41. The Morgan fingerprint density at radius 2 is 1.84 bits per heavy atom. The van der Waals surface area contributed by atoms with E-state index in [9.17, 15) is 14.9 Å². The molecule has 1 amide bonds. The minimum absolute atomic E-state index is 0.104. The average molecular weight is 354 g/mol. The van der Waals surface area contributed by atoms with E-state index in [1.54, 1.807) is 36.4 Å². The average Bonchev–Trinajstić information content (AvgIpc) is 3.03. The molecular weight excluding hydrogens is 340 g/mol. The molecule has 6 nitrogen and oxygen atoms in total. The Bertz CT molecular complexity index is 919. The minimum atomic E-state index is -0.493. The Balaban J connectivity index is 1.72. The summed E-state index contributed by atoms with van der Waals surface area (Å²) in [6.07, 6.45) is 0. The van der Waals surface area contributed by atoms with Gasteiger partial charge in [-0.1, -0.05) is 12.1 Å². The van der Waals surface area contributed by atoms with Crippen molar-refractivity contribution in [3.8, 4) is 11.5 Å². The van der Waals surface area contributed by atoms with Crippen molar-refractivity contribution in [3.05, 3.63) is 80.5 Å². The van der Waals surface area contributed by atoms with Crippen LogP contribution < -0.4 is 10.1 Å². The number of nitro groups is 1. The van der Waals surface area contributed by atoms with Crippen molar-refractivity contribution >= 4 is 28.6 Å². The fraction of sp³-hybridized carbons (Fsp3) is 0.0556. The second kappa shape index (κ2) is 7.14. The third-order valence-electron chi connectivity index (χ3n) is 3.47. The Morgan fingerprint density at radius 1 is 1.12 bits per heavy atom. The van der Waals surface area contributed by atoms with Crippen LogP contribution in [0.2, 0.25) is 0 Å². The molecule has 3 aromatic rings. The molecule has 0 unspecified atom stereocenters. The number of ether oxygens (including phenoxy) is 1. The number of nitro benzene ring substituents is 1. The van der Waals surface area contributed by atoms with Crippen LogP contribution in [0.5, 0.6) is 11.5 Å². The van der Waals surface area contributed by atoms with E-state index in [0.29, 0.717) is 16.3 Å². The van der Waals surface area contributed by atoms with Gasteiger partial charge >= 0.3 is 5.69 Å². The molecule has 3 rings (SSSR count). The van der Waals surface area contributed by atoms with Gasteiger partial charge in [-0.2, -0.15) is 0 Å². The lowest BCUT2D eigenvalue weighted by molar-refractivity contribution is -0.385. The Hall–Kier alpha value is -3.19. The van der Waals surface area contributed by atoms with Gasteiger partial charge in [-0.25, -0.2) is 0 Å². The van der Waals surface area contributed by atoms with Crippen LogP contribution >= 0.6 is 11.3 Å². The van der Waals surface area contributed by atoms with Crippen molar-refractivity contribution in [2.45, 2.75) is 6.92 Å². The van der Waals surface area contributed by atoms with E-state index in [2.05, 4.69) is 5.32 Å². The highest BCUT2D eigenvalue weighted by Crippen LogP contribution is 2.31. The number of benzene rings is 2. The van der Waals surface area contributed by atoms with Crippen molar-refractivity contribution in [3.63, 3.8) is 0 Å². The number of aryl methyl sites for hydroxylation is 1. The quantitative estimate of drug-likeness (QED) is 0.516. The highest BCUT2D eigenvalue weighted by Gasteiger charge is 2.15. The van der Waals surface area contributed by atoms with Crippen LogP contribution in [-0.4, -0.2) is 10.8 Å². The molecule has 0 atom stereocenters. The van der Waals surface area contributed by atoms with Gasteiger partial charge in [0.1, 0.15) is 5.75 Å². The molecule has 0 saturated heterocycles. The molecule has 0 aliphatic rings. The molecule has 0 aliphatic carbocycles. The van der Waals surface area contributed by atoms with Crippen LogP contribution in [0.15, 0.2) is 60.0 Å². The lowest BCUT2D eigenvalue weighted by atomic mass is 10.2. The Labute approximate surface area is 147 Å². The van der Waals surface area contributed by atoms with E-state index >= 15 is 0 Å². The smallest absolute Gasteiger partial charge is 0.311 e. The molecule has 0 aliphatic heterocycles. The molecule has 0 fully saturated rings. The van der Waals surface area contributed by atoms with Crippen molar-refractivity contribution < 1.29 is 14.5 Å². The third-order valence-corrected chi connectivity index (χ3v) is 4.49. The number of nitrogens with one attached hydrogen (secondary N) is 1. The second-order valence-electron chi connectivity index (χ2n) is 5.24. The summed E-state index contributed by atoms with van der Waals surface area (Å²) in [5, 5.41) is 15.7. The van der Waals surface area contributed by atoms with E-state index in [1.165, 1.54) is 23.5 Å². The molecule has 0 radical (unpaired) electrons. The number of rotatable bonds is 5. The number of thiophene rings is 1. The highest BCUT2D eigenvalue weighted by atomic mass is 32.1. The number of nitrogens with zero attached hydrogens (tertiary/aromatic N) is 1. The summed E-state index contributed by atoms with van der Waals surface area (Å²) in [7, 11) is 0. The van der Waals surface area contributed by atoms with Gasteiger partial charge in [0.2, 0.25) is 5.75 Å². The predicted octanol–water partition coefficient (Wildman–Crippen LogP) is 5.01. The molecule has 7 heteroatoms. The number of hydrogen-bond acceptors (Lipinski definition) is 5. The number of carbonyl (C=O) groups is 1. The standard InChI is InChI=1S/C18H14N2O4S/c1-12-10-11-25-17(12)18(21)19-13-6-8-14(9-7-13)24-16-5-3-2-4-15(16)20(22)23/h2-11H,1H3,(H,19,21). The van der Waals surface area contributed by atoms with Crippen molar-refractivity contribution in [2.24, 2.45) is 0 Å². The fourth-order valence-electron chi connectivity index (χ4n) is 2.22. The minimum Gasteiger partial charge on any atom is -0.450 e. The number of para-hydroxylation sites is 2. The van der Waals surface area contributed by atoms with Crippen molar-refractivity contribution in [1.29, 1.82) is 0 Å². The van der Waals surface area contributed by atoms with Gasteiger partial charge in [-0.15, -0.1) is 11.3 Å². The molecular formula is C18H14N2O4S. The molecule has 25 heavy (non-hydrogen) atoms. The topological polar surface area (TPSA) is 81.5 Å². The predicted molar refractivity (Wildman–Crippen MR) is 96.6 cm³/mol. The number of anilines is 1. The van der Waals surface area contributed by atoms with Gasteiger partial charge in [0.25, 0.3) is 5.91 Å². The monoisotopic (exact) mass is 354 g/mol. The molecule has 1 N–H and O–H groups in total. The summed E-state index contributed by atoms with van der Waals surface area (Å²) in [6, 6.07) is 14.7. The first kappa shape index (κ1) is 16.7. The van der Waals surface area contributed by atoms with Crippen LogP contribution in [-0.2, 0) is 0 Å². The first-order chi connectivity index (χ1) is 12.0. The molecule has 1 heterocycles. The van der Waals surface area contributed by atoms with E-state index in [0.717, 1.165) is 5.56 Å². The zero-order valence-electron chi connectivity index (χ0n) is 13.3. The first-order valence-corrected chi connectivity index (χ1v) is 8.29. The second-order valence-corrected chi connectivity index (χ2v) is 6.15. The van der Waals surface area contributed by atoms with Crippen molar-refractivity contribution in [2.75, 3.05) is 5.32 Å². The van der Waals surface area contributed by atoms with Crippen LogP contribution in [0.25, 0.3) is 0 Å². The summed E-state index contributed by atoms with van der Waals surface area (Å²) < 4.78 is 5.57. The Morgan fingerprint density at radius 3 is 2.48 bits per heavy atom. The number of hydrogen-bond donors (Lipinski definition) is 1. The summed E-state index contributed by atoms with van der Waals surface area (Å²) >= 11 is 1.39. The largest absolute Gasteiger partial charge is 0.450 e. The zero-order valence-corrected chi connectivity index (χ0v) is 14.1. The van der Waals surface area contributed by atoms with Crippen molar-refractivity contribution in [1.82, 2.24) is 0 Å². The summed E-state index contributed by atoms with van der Waals surface area (Å²) in [5.74, 6) is 0.443. The normalized spacial score (nSPS) is 10.3. The summed E-state index contributed by atoms with van der Waals surface area (Å²) in [4.78, 5) is 23.4.